The molecule has 0 aliphatic rings. The van der Waals surface area contributed by atoms with Gasteiger partial charge in [0, 0.05) is 36.5 Å². The molecular weight excluding hydrogens is 329 g/mol. The fraction of sp³-hybridized carbons (Fsp3) is 0. The molecule has 0 amide bonds. The van der Waals surface area contributed by atoms with Crippen molar-refractivity contribution in [2.75, 3.05) is 0 Å². The van der Waals surface area contributed by atoms with E-state index in [-0.39, 0.29) is 80.7 Å². The third-order valence-corrected chi connectivity index (χ3v) is 0. The Labute approximate surface area is 82.3 Å². The van der Waals surface area contributed by atoms with Crippen molar-refractivity contribution in [1.29, 1.82) is 0 Å². The van der Waals surface area contributed by atoms with E-state index in [1.807, 2.05) is 0 Å². The first-order chi connectivity index (χ1) is 1.00. The molecule has 0 fully saturated rings. The number of rotatable bonds is 0. The van der Waals surface area contributed by atoms with Gasteiger partial charge in [-0.05, 0) is 0 Å². The molecule has 0 aromatic rings. The van der Waals surface area contributed by atoms with Crippen molar-refractivity contribution in [2.45, 2.75) is 0 Å². The van der Waals surface area contributed by atoms with Crippen LogP contribution in [-0.4, -0.2) is 44.2 Å². The van der Waals surface area contributed by atoms with E-state index in [1.165, 1.54) is 0 Å². The Kier molecular flexibility index (Phi) is 166. The molecule has 0 aliphatic heterocycles. The summed E-state index contributed by atoms with van der Waals surface area (Å²) in [7, 11) is 0. The molecule has 0 aromatic heterocycles. The van der Waals surface area contributed by atoms with Gasteiger partial charge < -0.3 is 0 Å². The standard InChI is InChI=1S/Cu.Ga.In.O.Zn.3H. The van der Waals surface area contributed by atoms with Gasteiger partial charge in [0.1, 0.15) is 0 Å². The molecule has 28 valence electrons. The molecule has 5 heteroatoms. The van der Waals surface area contributed by atoms with E-state index in [9.17, 15) is 0 Å². The van der Waals surface area contributed by atoms with E-state index in [1.54, 1.807) is 0 Å². The van der Waals surface area contributed by atoms with Gasteiger partial charge in [-0.3, -0.25) is 0 Å². The molecule has 0 N–H and O–H groups in total. The minimum absolute atomic E-state index is 0. The van der Waals surface area contributed by atoms with Crippen molar-refractivity contribution < 1.29 is 39.4 Å². The van der Waals surface area contributed by atoms with Gasteiger partial charge in [0.15, 0.2) is 0 Å². The largest absolute Gasteiger partial charge is 0 e. The predicted molar refractivity (Wildman–Crippen MR) is 16.4 cm³/mol. The Bertz CT molecular complexity index is 11.6. The summed E-state index contributed by atoms with van der Waals surface area (Å²) in [5.41, 5.74) is 0. The molecule has 0 heterocycles. The zero-order valence-electron chi connectivity index (χ0n) is 1.99. The molecule has 0 aromatic carbocycles. The van der Waals surface area contributed by atoms with Gasteiger partial charge >= 0.3 is 47.0 Å². The second kappa shape index (κ2) is 31.9. The second-order valence-electron chi connectivity index (χ2n) is 0. The molecule has 0 rings (SSSR count). The number of hydrogen-bond acceptors (Lipinski definition) is 1. The van der Waals surface area contributed by atoms with Crippen LogP contribution in [0.3, 0.4) is 0 Å². The van der Waals surface area contributed by atoms with Gasteiger partial charge in [-0.1, -0.05) is 0 Å². The zero-order valence-corrected chi connectivity index (χ0v) is 9.20. The van der Waals surface area contributed by atoms with Crippen molar-refractivity contribution in [1.82, 2.24) is 0 Å². The molecule has 0 spiro atoms. The van der Waals surface area contributed by atoms with Crippen LogP contribution in [0.15, 0.2) is 0 Å². The quantitative estimate of drug-likeness (QED) is 0.484. The van der Waals surface area contributed by atoms with Gasteiger partial charge in [0.05, 0.1) is 0 Å². The van der Waals surface area contributed by atoms with E-state index < -0.39 is 0 Å². The SMILES string of the molecule is [Cu].[GaH3].[O]=[In].[Zn]. The molecule has 2 radical (unpaired) electrons. The summed E-state index contributed by atoms with van der Waals surface area (Å²) in [6.45, 7) is 0. The van der Waals surface area contributed by atoms with Gasteiger partial charge in [-0.15, -0.1) is 0 Å². The normalized spacial score (nSPS) is 0.600. The first-order valence-corrected chi connectivity index (χ1v) is 1.58. The summed E-state index contributed by atoms with van der Waals surface area (Å²) in [6.07, 6.45) is 0. The van der Waals surface area contributed by atoms with Crippen LogP contribution >= 0.6 is 0 Å². The summed E-state index contributed by atoms with van der Waals surface area (Å²) >= 11 is 0.100. The molecule has 5 heavy (non-hydrogen) atoms. The van der Waals surface area contributed by atoms with Crippen LogP contribution in [0.2, 0.25) is 0 Å². The van der Waals surface area contributed by atoms with E-state index in [4.69, 9.17) is 2.85 Å². The van der Waals surface area contributed by atoms with Crippen LogP contribution in [0.1, 0.15) is 0 Å². The van der Waals surface area contributed by atoms with Crippen molar-refractivity contribution >= 4 is 44.2 Å². The van der Waals surface area contributed by atoms with Crippen LogP contribution in [-0.2, 0) is 39.4 Å². The maximum atomic E-state index is 8.38. The maximum Gasteiger partial charge on any atom is 0 e. The van der Waals surface area contributed by atoms with Crippen LogP contribution in [0.4, 0.5) is 0 Å². The fourth-order valence-electron chi connectivity index (χ4n) is 0. The molecule has 0 saturated heterocycles. The van der Waals surface area contributed by atoms with Crippen LogP contribution < -0.4 is 0 Å². The Balaban J connectivity index is -0.00000000167. The van der Waals surface area contributed by atoms with Gasteiger partial charge in [0.2, 0.25) is 0 Å². The minimum atomic E-state index is 0. The smallest absolute Gasteiger partial charge is 0 e. The summed E-state index contributed by atoms with van der Waals surface area (Å²) in [4.78, 5) is 0. The van der Waals surface area contributed by atoms with Gasteiger partial charge in [0.25, 0.3) is 0 Å². The third kappa shape index (κ3) is 21.3. The van der Waals surface area contributed by atoms with Crippen molar-refractivity contribution in [3.8, 4) is 0 Å². The van der Waals surface area contributed by atoms with Crippen molar-refractivity contribution in [3.63, 3.8) is 0 Å². The topological polar surface area (TPSA) is 17.1 Å². The molecule has 0 unspecified atom stereocenters. The van der Waals surface area contributed by atoms with Gasteiger partial charge in [-0.2, -0.15) is 0 Å². The average molecular weight is 332 g/mol. The van der Waals surface area contributed by atoms with Crippen LogP contribution in [0, 0.1) is 0 Å². The van der Waals surface area contributed by atoms with E-state index >= 15 is 0 Å². The number of hydrogen-bond donors (Lipinski definition) is 0. The van der Waals surface area contributed by atoms with Crippen molar-refractivity contribution in [3.05, 3.63) is 0 Å². The zero-order chi connectivity index (χ0) is 2.00. The molecule has 1 nitrogen and oxygen atoms in total. The summed E-state index contributed by atoms with van der Waals surface area (Å²) in [5, 5.41) is 0. The Morgan fingerprint density at radius 3 is 1.20 bits per heavy atom. The molecule has 0 bridgehead atoms. The molecule has 0 aliphatic carbocycles. The Morgan fingerprint density at radius 2 is 1.20 bits per heavy atom. The Morgan fingerprint density at radius 1 is 1.20 bits per heavy atom. The average Bonchev–Trinajstić information content (AvgIpc) is 1.00. The second-order valence-corrected chi connectivity index (χ2v) is 0. The van der Waals surface area contributed by atoms with Crippen molar-refractivity contribution in [2.24, 2.45) is 0 Å². The van der Waals surface area contributed by atoms with E-state index in [2.05, 4.69) is 0 Å². The summed E-state index contributed by atoms with van der Waals surface area (Å²) in [6, 6.07) is 0. The maximum absolute atomic E-state index is 8.38. The van der Waals surface area contributed by atoms with Crippen LogP contribution in [0.25, 0.3) is 0 Å². The first-order valence-electron chi connectivity index (χ1n) is 0.236. The Hall–Kier alpha value is 2.45. The predicted octanol–water partition coefficient (Wildman–Crippen LogP) is -1.69. The van der Waals surface area contributed by atoms with E-state index in [0.717, 1.165) is 0 Å². The van der Waals surface area contributed by atoms with E-state index in [0.29, 0.717) is 0 Å². The molecule has 0 atom stereocenters. The minimum Gasteiger partial charge on any atom is 0 e. The monoisotopic (exact) mass is 330 g/mol. The van der Waals surface area contributed by atoms with Gasteiger partial charge in [-0.25, -0.2) is 0 Å². The summed E-state index contributed by atoms with van der Waals surface area (Å²) < 4.78 is 8.38. The molecular formula is H3CuGaInOZn. The summed E-state index contributed by atoms with van der Waals surface area (Å²) in [5.74, 6) is 0. The third-order valence-electron chi connectivity index (χ3n) is 0. The molecule has 0 saturated carbocycles. The first kappa shape index (κ1) is 26.0. The fourth-order valence-corrected chi connectivity index (χ4v) is 0. The van der Waals surface area contributed by atoms with Crippen LogP contribution in [0.5, 0.6) is 0 Å².